The van der Waals surface area contributed by atoms with Crippen LogP contribution in [0.15, 0.2) is 12.1 Å². The number of carbonyl (C=O) groups excluding carboxylic acids is 1. The van der Waals surface area contributed by atoms with E-state index in [-0.39, 0.29) is 18.6 Å². The third-order valence-electron chi connectivity index (χ3n) is 2.81. The minimum Gasteiger partial charge on any atom is -0.482 e. The Bertz CT molecular complexity index is 467. The molecule has 0 aliphatic rings. The summed E-state index contributed by atoms with van der Waals surface area (Å²) in [5.74, 6) is 0.287. The lowest BCUT2D eigenvalue weighted by Crippen LogP contribution is -2.29. The Kier molecular flexibility index (Phi) is 7.13. The predicted molar refractivity (Wildman–Crippen MR) is 82.6 cm³/mol. The van der Waals surface area contributed by atoms with E-state index in [1.54, 1.807) is 12.1 Å². The van der Waals surface area contributed by atoms with Gasteiger partial charge in [0.15, 0.2) is 6.61 Å². The number of nitrogens with two attached hydrogens (primary N) is 1. The zero-order valence-corrected chi connectivity index (χ0v) is 13.2. The molecule has 1 rings (SSSR count). The maximum atomic E-state index is 11.5. The van der Waals surface area contributed by atoms with Crippen LogP contribution in [0.1, 0.15) is 25.8 Å². The van der Waals surface area contributed by atoms with Gasteiger partial charge in [0.2, 0.25) is 0 Å². The third-order valence-corrected chi connectivity index (χ3v) is 3.31. The van der Waals surface area contributed by atoms with E-state index in [2.05, 4.69) is 5.32 Å². The van der Waals surface area contributed by atoms with Gasteiger partial charge in [0.05, 0.1) is 5.02 Å². The highest BCUT2D eigenvalue weighted by Crippen LogP contribution is 2.33. The number of halogens is 2. The number of likely N-dealkylation sites (N-methyl/N-ethyl adjacent to an activating group) is 1. The van der Waals surface area contributed by atoms with Gasteiger partial charge in [-0.1, -0.05) is 30.1 Å². The first-order valence-electron chi connectivity index (χ1n) is 6.60. The van der Waals surface area contributed by atoms with Gasteiger partial charge >= 0.3 is 0 Å². The van der Waals surface area contributed by atoms with E-state index in [9.17, 15) is 4.79 Å². The summed E-state index contributed by atoms with van der Waals surface area (Å²) in [6.07, 6.45) is 1.43. The van der Waals surface area contributed by atoms with E-state index >= 15 is 0 Å². The molecule has 1 aromatic rings. The molecule has 112 valence electrons. The van der Waals surface area contributed by atoms with Crippen molar-refractivity contribution in [1.29, 1.82) is 0 Å². The lowest BCUT2D eigenvalue weighted by Gasteiger charge is -2.16. The first kappa shape index (κ1) is 17.1. The second kappa shape index (κ2) is 8.35. The number of carbonyl (C=O) groups is 1. The summed E-state index contributed by atoms with van der Waals surface area (Å²) >= 11 is 12.1. The molecule has 1 amide bonds. The zero-order chi connectivity index (χ0) is 15.1. The molecule has 1 atom stereocenters. The normalized spacial score (nSPS) is 12.1. The zero-order valence-electron chi connectivity index (χ0n) is 11.7. The van der Waals surface area contributed by atoms with Gasteiger partial charge in [-0.25, -0.2) is 0 Å². The van der Waals surface area contributed by atoms with Crippen LogP contribution in [0, 0.1) is 0 Å². The average Bonchev–Trinajstić information content (AvgIpc) is 2.37. The number of hydrogen-bond donors (Lipinski definition) is 2. The Balaban J connectivity index is 2.89. The SMILES string of the molecule is CCNC(=O)COc1c(Cl)cc(Cl)cc1CC(N)CC. The maximum Gasteiger partial charge on any atom is 0.257 e. The van der Waals surface area contributed by atoms with Gasteiger partial charge in [-0.05, 0) is 37.5 Å². The first-order valence-corrected chi connectivity index (χ1v) is 7.36. The fourth-order valence-electron chi connectivity index (χ4n) is 1.74. The van der Waals surface area contributed by atoms with Crippen LogP contribution >= 0.6 is 23.2 Å². The molecule has 0 saturated carbocycles. The van der Waals surface area contributed by atoms with Crippen molar-refractivity contribution in [3.63, 3.8) is 0 Å². The number of ether oxygens (including phenoxy) is 1. The maximum absolute atomic E-state index is 11.5. The Morgan fingerprint density at radius 3 is 2.70 bits per heavy atom. The van der Waals surface area contributed by atoms with E-state index in [0.717, 1.165) is 12.0 Å². The van der Waals surface area contributed by atoms with Crippen molar-refractivity contribution in [2.45, 2.75) is 32.7 Å². The van der Waals surface area contributed by atoms with Crippen LogP contribution < -0.4 is 15.8 Å². The second-order valence-electron chi connectivity index (χ2n) is 4.49. The van der Waals surface area contributed by atoms with Gasteiger partial charge in [0, 0.05) is 17.6 Å². The van der Waals surface area contributed by atoms with Crippen LogP contribution in [0.25, 0.3) is 0 Å². The molecule has 3 N–H and O–H groups in total. The predicted octanol–water partition coefficient (Wildman–Crippen LogP) is 2.79. The largest absolute Gasteiger partial charge is 0.482 e. The van der Waals surface area contributed by atoms with Crippen molar-refractivity contribution in [3.05, 3.63) is 27.7 Å². The summed E-state index contributed by atoms with van der Waals surface area (Å²) in [5.41, 5.74) is 6.78. The number of rotatable bonds is 7. The van der Waals surface area contributed by atoms with Gasteiger partial charge < -0.3 is 15.8 Å². The van der Waals surface area contributed by atoms with Crippen molar-refractivity contribution in [2.75, 3.05) is 13.2 Å². The first-order chi connectivity index (χ1) is 9.47. The molecule has 6 heteroatoms. The monoisotopic (exact) mass is 318 g/mol. The minimum atomic E-state index is -0.191. The molecule has 20 heavy (non-hydrogen) atoms. The van der Waals surface area contributed by atoms with Gasteiger partial charge in [0.25, 0.3) is 5.91 Å². The Labute approximate surface area is 129 Å². The summed E-state index contributed by atoms with van der Waals surface area (Å²) in [6.45, 7) is 4.33. The molecule has 0 aliphatic carbocycles. The standard InChI is InChI=1S/C14H20Cl2N2O2/c1-3-11(17)6-9-5-10(15)7-12(16)14(9)20-8-13(19)18-4-2/h5,7,11H,3-4,6,8,17H2,1-2H3,(H,18,19). The number of nitrogens with one attached hydrogen (secondary N) is 1. The summed E-state index contributed by atoms with van der Waals surface area (Å²) in [4.78, 5) is 11.5. The highest BCUT2D eigenvalue weighted by molar-refractivity contribution is 6.35. The summed E-state index contributed by atoms with van der Waals surface area (Å²) < 4.78 is 5.52. The summed E-state index contributed by atoms with van der Waals surface area (Å²) in [7, 11) is 0. The Morgan fingerprint density at radius 2 is 2.10 bits per heavy atom. The lowest BCUT2D eigenvalue weighted by molar-refractivity contribution is -0.122. The van der Waals surface area contributed by atoms with E-state index < -0.39 is 0 Å². The van der Waals surface area contributed by atoms with Crippen molar-refractivity contribution < 1.29 is 9.53 Å². The van der Waals surface area contributed by atoms with Crippen LogP contribution in [0.5, 0.6) is 5.75 Å². The van der Waals surface area contributed by atoms with Crippen molar-refractivity contribution in [1.82, 2.24) is 5.32 Å². The molecule has 0 fully saturated rings. The van der Waals surface area contributed by atoms with Crippen LogP contribution in [-0.4, -0.2) is 25.1 Å². The van der Waals surface area contributed by atoms with Crippen LogP contribution in [0.4, 0.5) is 0 Å². The third kappa shape index (κ3) is 5.19. The molecule has 1 unspecified atom stereocenters. The molecule has 0 aromatic heterocycles. The van der Waals surface area contributed by atoms with Crippen molar-refractivity contribution in [2.24, 2.45) is 5.73 Å². The number of benzene rings is 1. The smallest absolute Gasteiger partial charge is 0.257 e. The second-order valence-corrected chi connectivity index (χ2v) is 5.33. The van der Waals surface area contributed by atoms with E-state index in [1.807, 2.05) is 13.8 Å². The molecule has 4 nitrogen and oxygen atoms in total. The lowest BCUT2D eigenvalue weighted by atomic mass is 10.0. The minimum absolute atomic E-state index is 0.00338. The van der Waals surface area contributed by atoms with Crippen LogP contribution in [0.2, 0.25) is 10.0 Å². The molecule has 1 aromatic carbocycles. The number of hydrogen-bond acceptors (Lipinski definition) is 3. The van der Waals surface area contributed by atoms with E-state index in [1.165, 1.54) is 0 Å². The van der Waals surface area contributed by atoms with Crippen LogP contribution in [0.3, 0.4) is 0 Å². The molecule has 0 heterocycles. The molecule has 0 saturated heterocycles. The van der Waals surface area contributed by atoms with Gasteiger partial charge in [-0.2, -0.15) is 0 Å². The summed E-state index contributed by atoms with van der Waals surface area (Å²) in [5, 5.41) is 3.58. The topological polar surface area (TPSA) is 64.3 Å². The van der Waals surface area contributed by atoms with Crippen molar-refractivity contribution >= 4 is 29.1 Å². The number of amides is 1. The fourth-order valence-corrected chi connectivity index (χ4v) is 2.33. The van der Waals surface area contributed by atoms with Crippen molar-refractivity contribution in [3.8, 4) is 5.75 Å². The Hall–Kier alpha value is -0.970. The Morgan fingerprint density at radius 1 is 1.40 bits per heavy atom. The molecular weight excluding hydrogens is 299 g/mol. The fraction of sp³-hybridized carbons (Fsp3) is 0.500. The molecular formula is C14H20Cl2N2O2. The van der Waals surface area contributed by atoms with E-state index in [0.29, 0.717) is 28.8 Å². The molecule has 0 radical (unpaired) electrons. The van der Waals surface area contributed by atoms with E-state index in [4.69, 9.17) is 33.7 Å². The molecule has 0 aliphatic heterocycles. The molecule has 0 bridgehead atoms. The van der Waals surface area contributed by atoms with Gasteiger partial charge in [-0.15, -0.1) is 0 Å². The quantitative estimate of drug-likeness (QED) is 0.812. The highest BCUT2D eigenvalue weighted by Gasteiger charge is 2.14. The van der Waals surface area contributed by atoms with Crippen LogP contribution in [-0.2, 0) is 11.2 Å². The van der Waals surface area contributed by atoms with Gasteiger partial charge in [0.1, 0.15) is 5.75 Å². The average molecular weight is 319 g/mol. The summed E-state index contributed by atoms with van der Waals surface area (Å²) in [6, 6.07) is 3.36. The van der Waals surface area contributed by atoms with Gasteiger partial charge in [-0.3, -0.25) is 4.79 Å². The highest BCUT2D eigenvalue weighted by atomic mass is 35.5. The molecule has 0 spiro atoms.